The Morgan fingerprint density at radius 2 is 2.00 bits per heavy atom. The van der Waals surface area contributed by atoms with Crippen LogP contribution in [0.2, 0.25) is 0 Å². The topological polar surface area (TPSA) is 49.8 Å². The van der Waals surface area contributed by atoms with Gasteiger partial charge in [0.1, 0.15) is 5.75 Å². The van der Waals surface area contributed by atoms with Crippen molar-refractivity contribution in [2.24, 2.45) is 5.92 Å². The summed E-state index contributed by atoms with van der Waals surface area (Å²) in [7, 11) is 3.49. The van der Waals surface area contributed by atoms with Crippen LogP contribution in [-0.2, 0) is 4.79 Å². The number of hydrogen-bond acceptors (Lipinski definition) is 3. The van der Waals surface area contributed by atoms with Crippen molar-refractivity contribution in [2.45, 2.75) is 31.7 Å². The lowest BCUT2D eigenvalue weighted by Gasteiger charge is -2.33. The molecule has 0 spiro atoms. The first-order chi connectivity index (χ1) is 10.7. The van der Waals surface area contributed by atoms with Crippen molar-refractivity contribution in [1.29, 1.82) is 0 Å². The highest BCUT2D eigenvalue weighted by molar-refractivity contribution is 5.92. The summed E-state index contributed by atoms with van der Waals surface area (Å²) in [6.45, 7) is 0.262. The molecular weight excluding hydrogens is 278 g/mol. The number of hydrogen-bond donors (Lipinski definition) is 1. The Balaban J connectivity index is 1.95. The fourth-order valence-corrected chi connectivity index (χ4v) is 2.98. The Bertz CT molecular complexity index is 519. The second-order valence-electron chi connectivity index (χ2n) is 5.88. The number of aliphatic hydroxyl groups excluding tert-OH is 1. The van der Waals surface area contributed by atoms with Gasteiger partial charge in [-0.05, 0) is 43.7 Å². The average Bonchev–Trinajstić information content (AvgIpc) is 2.59. The third kappa shape index (κ3) is 4.10. The fraction of sp³-hybridized carbons (Fsp3) is 0.500. The lowest BCUT2D eigenvalue weighted by Crippen LogP contribution is -2.39. The number of ether oxygens (including phenoxy) is 1. The highest BCUT2D eigenvalue weighted by atomic mass is 16.5. The van der Waals surface area contributed by atoms with Crippen molar-refractivity contribution < 1.29 is 14.6 Å². The van der Waals surface area contributed by atoms with Gasteiger partial charge in [-0.25, -0.2) is 0 Å². The monoisotopic (exact) mass is 303 g/mol. The number of aliphatic hydroxyl groups is 1. The van der Waals surface area contributed by atoms with Crippen LogP contribution in [0.25, 0.3) is 6.08 Å². The van der Waals surface area contributed by atoms with Gasteiger partial charge in [0.05, 0.1) is 7.11 Å². The zero-order chi connectivity index (χ0) is 15.9. The van der Waals surface area contributed by atoms with Gasteiger partial charge in [-0.3, -0.25) is 4.79 Å². The molecule has 120 valence electrons. The molecule has 1 aliphatic carbocycles. The minimum Gasteiger partial charge on any atom is -0.496 e. The van der Waals surface area contributed by atoms with Crippen molar-refractivity contribution in [3.05, 3.63) is 35.9 Å². The number of benzene rings is 1. The molecule has 0 bridgehead atoms. The smallest absolute Gasteiger partial charge is 0.246 e. The van der Waals surface area contributed by atoms with Crippen molar-refractivity contribution >= 4 is 12.0 Å². The molecule has 22 heavy (non-hydrogen) atoms. The molecule has 1 aromatic carbocycles. The molecule has 0 saturated heterocycles. The maximum atomic E-state index is 12.3. The Hall–Kier alpha value is -1.81. The maximum Gasteiger partial charge on any atom is 0.246 e. The van der Waals surface area contributed by atoms with Gasteiger partial charge in [0, 0.05) is 31.3 Å². The summed E-state index contributed by atoms with van der Waals surface area (Å²) in [6.07, 6.45) is 7.34. The van der Waals surface area contributed by atoms with Gasteiger partial charge in [0.25, 0.3) is 0 Å². The summed E-state index contributed by atoms with van der Waals surface area (Å²) in [5, 5.41) is 9.18. The summed E-state index contributed by atoms with van der Waals surface area (Å²) in [5.41, 5.74) is 0.899. The molecule has 2 rings (SSSR count). The van der Waals surface area contributed by atoms with Crippen LogP contribution in [0.5, 0.6) is 5.75 Å². The number of methoxy groups -OCH3 is 1. The van der Waals surface area contributed by atoms with Crippen LogP contribution in [0.3, 0.4) is 0 Å². The van der Waals surface area contributed by atoms with Gasteiger partial charge in [0.15, 0.2) is 0 Å². The van der Waals surface area contributed by atoms with E-state index in [4.69, 9.17) is 4.74 Å². The van der Waals surface area contributed by atoms with Crippen molar-refractivity contribution in [1.82, 2.24) is 4.90 Å². The molecular formula is C18H25NO3. The quantitative estimate of drug-likeness (QED) is 0.851. The molecule has 0 radical (unpaired) electrons. The van der Waals surface area contributed by atoms with Gasteiger partial charge in [0.2, 0.25) is 5.91 Å². The predicted octanol–water partition coefficient (Wildman–Crippen LogP) is 2.72. The summed E-state index contributed by atoms with van der Waals surface area (Å²) in [6, 6.07) is 7.91. The summed E-state index contributed by atoms with van der Waals surface area (Å²) < 4.78 is 5.28. The molecule has 0 aromatic heterocycles. The third-order valence-corrected chi connectivity index (χ3v) is 4.51. The van der Waals surface area contributed by atoms with Gasteiger partial charge in [-0.1, -0.05) is 18.2 Å². The minimum absolute atomic E-state index is 0.0124. The van der Waals surface area contributed by atoms with E-state index in [0.29, 0.717) is 5.92 Å². The van der Waals surface area contributed by atoms with Gasteiger partial charge in [-0.2, -0.15) is 0 Å². The Morgan fingerprint density at radius 3 is 2.64 bits per heavy atom. The molecule has 0 heterocycles. The van der Waals surface area contributed by atoms with E-state index in [1.165, 1.54) is 0 Å². The van der Waals surface area contributed by atoms with E-state index in [0.717, 1.165) is 37.0 Å². The van der Waals surface area contributed by atoms with E-state index in [1.54, 1.807) is 19.3 Å². The number of para-hydroxylation sites is 1. The van der Waals surface area contributed by atoms with Crippen LogP contribution >= 0.6 is 0 Å². The third-order valence-electron chi connectivity index (χ3n) is 4.51. The van der Waals surface area contributed by atoms with Crippen LogP contribution in [0, 0.1) is 5.92 Å². The summed E-state index contributed by atoms with van der Waals surface area (Å²) in [4.78, 5) is 14.1. The first-order valence-corrected chi connectivity index (χ1v) is 7.84. The van der Waals surface area contributed by atoms with Gasteiger partial charge in [-0.15, -0.1) is 0 Å². The summed E-state index contributed by atoms with van der Waals surface area (Å²) >= 11 is 0. The van der Waals surface area contributed by atoms with Gasteiger partial charge >= 0.3 is 0 Å². The molecule has 1 amide bonds. The van der Waals surface area contributed by atoms with Crippen molar-refractivity contribution in [2.75, 3.05) is 20.8 Å². The molecule has 0 unspecified atom stereocenters. The SMILES string of the molecule is COc1ccccc1/C=C/C(=O)N(C)C1CCC(CO)CC1. The Kier molecular flexibility index (Phi) is 6.01. The highest BCUT2D eigenvalue weighted by Crippen LogP contribution is 2.27. The number of likely N-dealkylation sites (N-methyl/N-ethyl adjacent to an activating group) is 1. The van der Waals surface area contributed by atoms with E-state index in [-0.39, 0.29) is 18.6 Å². The molecule has 1 saturated carbocycles. The Morgan fingerprint density at radius 1 is 1.32 bits per heavy atom. The first kappa shape index (κ1) is 16.6. The fourth-order valence-electron chi connectivity index (χ4n) is 2.98. The zero-order valence-electron chi connectivity index (χ0n) is 13.4. The molecule has 4 nitrogen and oxygen atoms in total. The molecule has 1 N–H and O–H groups in total. The largest absolute Gasteiger partial charge is 0.496 e. The zero-order valence-corrected chi connectivity index (χ0v) is 13.4. The second kappa shape index (κ2) is 7.99. The lowest BCUT2D eigenvalue weighted by atomic mass is 9.86. The number of rotatable bonds is 5. The first-order valence-electron chi connectivity index (χ1n) is 7.84. The molecule has 0 aliphatic heterocycles. The number of amides is 1. The lowest BCUT2D eigenvalue weighted by molar-refractivity contribution is -0.127. The normalized spacial score (nSPS) is 21.8. The van der Waals surface area contributed by atoms with Crippen molar-refractivity contribution in [3.63, 3.8) is 0 Å². The van der Waals surface area contributed by atoms with Gasteiger partial charge < -0.3 is 14.7 Å². The number of carbonyl (C=O) groups excluding carboxylic acids is 1. The molecule has 1 fully saturated rings. The van der Waals surface area contributed by atoms with E-state index < -0.39 is 0 Å². The molecule has 4 heteroatoms. The van der Waals surface area contributed by atoms with E-state index >= 15 is 0 Å². The minimum atomic E-state index is 0.0124. The second-order valence-corrected chi connectivity index (χ2v) is 5.88. The van der Waals surface area contributed by atoms with Crippen molar-refractivity contribution in [3.8, 4) is 5.75 Å². The molecule has 1 aliphatic rings. The van der Waals surface area contributed by atoms with E-state index in [9.17, 15) is 9.90 Å². The standard InChI is InChI=1S/C18H25NO3/c1-19(16-10-7-14(13-20)8-11-16)18(21)12-9-15-5-3-4-6-17(15)22-2/h3-6,9,12,14,16,20H,7-8,10-11,13H2,1-2H3/b12-9+. The van der Waals surface area contributed by atoms with Crippen LogP contribution < -0.4 is 4.74 Å². The van der Waals surface area contributed by atoms with Crippen LogP contribution in [0.1, 0.15) is 31.2 Å². The Labute approximate surface area is 132 Å². The molecule has 0 atom stereocenters. The van der Waals surface area contributed by atoms with E-state index in [2.05, 4.69) is 0 Å². The van der Waals surface area contributed by atoms with E-state index in [1.807, 2.05) is 36.2 Å². The average molecular weight is 303 g/mol. The van der Waals surface area contributed by atoms with Crippen LogP contribution in [0.4, 0.5) is 0 Å². The molecule has 1 aromatic rings. The number of carbonyl (C=O) groups is 1. The van der Waals surface area contributed by atoms with Crippen LogP contribution in [0.15, 0.2) is 30.3 Å². The predicted molar refractivity (Wildman–Crippen MR) is 87.6 cm³/mol. The maximum absolute atomic E-state index is 12.3. The van der Waals surface area contributed by atoms with Crippen LogP contribution in [-0.4, -0.2) is 42.7 Å². The highest BCUT2D eigenvalue weighted by Gasteiger charge is 2.25. The summed E-state index contributed by atoms with van der Waals surface area (Å²) in [5.74, 6) is 1.18. The number of nitrogens with zero attached hydrogens (tertiary/aromatic N) is 1.